The Labute approximate surface area is 131 Å². The van der Waals surface area contributed by atoms with E-state index < -0.39 is 0 Å². The Balaban J connectivity index is 1.79. The van der Waals surface area contributed by atoms with Crippen LogP contribution in [0.2, 0.25) is 0 Å². The molecule has 1 atom stereocenters. The summed E-state index contributed by atoms with van der Waals surface area (Å²) in [6, 6.07) is 18.9. The molecular formula is C19H20N2O. The summed E-state index contributed by atoms with van der Waals surface area (Å²) in [5.74, 6) is 0.913. The second-order valence-corrected chi connectivity index (χ2v) is 5.72. The SMILES string of the molecule is COc1cccc([C@@H]2CCCN2Cc2cccc(C#N)c2)c1. The number of hydrogen-bond donors (Lipinski definition) is 0. The molecule has 3 heteroatoms. The Morgan fingerprint density at radius 3 is 2.91 bits per heavy atom. The van der Waals surface area contributed by atoms with Crippen LogP contribution in [0.25, 0.3) is 0 Å². The van der Waals surface area contributed by atoms with Gasteiger partial charge in [-0.3, -0.25) is 4.90 Å². The highest BCUT2D eigenvalue weighted by molar-refractivity contribution is 5.34. The number of nitrogens with zero attached hydrogens (tertiary/aromatic N) is 2. The molecule has 1 saturated heterocycles. The molecule has 0 aliphatic carbocycles. The highest BCUT2D eigenvalue weighted by Crippen LogP contribution is 2.34. The summed E-state index contributed by atoms with van der Waals surface area (Å²) in [7, 11) is 1.71. The van der Waals surface area contributed by atoms with Gasteiger partial charge in [-0.2, -0.15) is 5.26 Å². The number of nitriles is 1. The molecule has 0 saturated carbocycles. The molecule has 2 aromatic rings. The van der Waals surface area contributed by atoms with Crippen molar-refractivity contribution in [2.24, 2.45) is 0 Å². The molecule has 0 aromatic heterocycles. The lowest BCUT2D eigenvalue weighted by Gasteiger charge is -2.25. The van der Waals surface area contributed by atoms with Crippen LogP contribution >= 0.6 is 0 Å². The van der Waals surface area contributed by atoms with Crippen LogP contribution in [-0.2, 0) is 6.54 Å². The van der Waals surface area contributed by atoms with Crippen LogP contribution in [0.15, 0.2) is 48.5 Å². The standard InChI is InChI=1S/C19H20N2O/c1-22-18-8-3-7-17(12-18)19-9-4-10-21(19)14-16-6-2-5-15(11-16)13-20/h2-3,5-8,11-12,19H,4,9-10,14H2,1H3/t19-/m0/s1. The van der Waals surface area contributed by atoms with Gasteiger partial charge in [-0.25, -0.2) is 0 Å². The molecule has 2 aromatic carbocycles. The summed E-state index contributed by atoms with van der Waals surface area (Å²) in [6.07, 6.45) is 2.38. The van der Waals surface area contributed by atoms with Crippen molar-refractivity contribution < 1.29 is 4.74 Å². The van der Waals surface area contributed by atoms with Crippen LogP contribution in [0.5, 0.6) is 5.75 Å². The third-order valence-corrected chi connectivity index (χ3v) is 4.28. The zero-order chi connectivity index (χ0) is 15.4. The minimum atomic E-state index is 0.431. The number of hydrogen-bond acceptors (Lipinski definition) is 3. The fourth-order valence-corrected chi connectivity index (χ4v) is 3.22. The van der Waals surface area contributed by atoms with Crippen LogP contribution in [0.3, 0.4) is 0 Å². The van der Waals surface area contributed by atoms with E-state index in [0.29, 0.717) is 6.04 Å². The minimum Gasteiger partial charge on any atom is -0.497 e. The normalized spacial score (nSPS) is 18.1. The predicted molar refractivity (Wildman–Crippen MR) is 86.5 cm³/mol. The molecule has 0 bridgehead atoms. The Kier molecular flexibility index (Phi) is 4.41. The van der Waals surface area contributed by atoms with Crippen molar-refractivity contribution >= 4 is 0 Å². The first-order valence-corrected chi connectivity index (χ1v) is 7.67. The lowest BCUT2D eigenvalue weighted by Crippen LogP contribution is -2.22. The van der Waals surface area contributed by atoms with Gasteiger partial charge in [-0.05, 0) is 54.8 Å². The second-order valence-electron chi connectivity index (χ2n) is 5.72. The Morgan fingerprint density at radius 2 is 2.09 bits per heavy atom. The molecule has 22 heavy (non-hydrogen) atoms. The number of likely N-dealkylation sites (tertiary alicyclic amines) is 1. The van der Waals surface area contributed by atoms with Crippen molar-refractivity contribution in [2.45, 2.75) is 25.4 Å². The maximum absolute atomic E-state index is 9.03. The van der Waals surface area contributed by atoms with Gasteiger partial charge in [0.25, 0.3) is 0 Å². The van der Waals surface area contributed by atoms with E-state index in [1.165, 1.54) is 24.0 Å². The molecule has 3 nitrogen and oxygen atoms in total. The third-order valence-electron chi connectivity index (χ3n) is 4.28. The lowest BCUT2D eigenvalue weighted by molar-refractivity contribution is 0.248. The fraction of sp³-hybridized carbons (Fsp3) is 0.316. The zero-order valence-corrected chi connectivity index (χ0v) is 12.8. The van der Waals surface area contributed by atoms with Gasteiger partial charge in [0.15, 0.2) is 0 Å². The summed E-state index contributed by atoms with van der Waals surface area (Å²) in [5, 5.41) is 9.03. The average molecular weight is 292 g/mol. The third kappa shape index (κ3) is 3.13. The smallest absolute Gasteiger partial charge is 0.119 e. The van der Waals surface area contributed by atoms with Crippen molar-refractivity contribution in [2.75, 3.05) is 13.7 Å². The average Bonchev–Trinajstić information content (AvgIpc) is 3.03. The van der Waals surface area contributed by atoms with E-state index in [1.54, 1.807) is 7.11 Å². The van der Waals surface area contributed by atoms with E-state index in [0.717, 1.165) is 24.4 Å². The topological polar surface area (TPSA) is 36.3 Å². The van der Waals surface area contributed by atoms with E-state index >= 15 is 0 Å². The van der Waals surface area contributed by atoms with Crippen molar-refractivity contribution in [1.82, 2.24) is 4.90 Å². The first-order valence-electron chi connectivity index (χ1n) is 7.67. The van der Waals surface area contributed by atoms with Crippen molar-refractivity contribution in [3.05, 3.63) is 65.2 Å². The number of ether oxygens (including phenoxy) is 1. The summed E-state index contributed by atoms with van der Waals surface area (Å²) in [5.41, 5.74) is 3.25. The molecular weight excluding hydrogens is 272 g/mol. The molecule has 1 aliphatic heterocycles. The second kappa shape index (κ2) is 6.64. The van der Waals surface area contributed by atoms with Gasteiger partial charge in [0.05, 0.1) is 18.7 Å². The summed E-state index contributed by atoms with van der Waals surface area (Å²) >= 11 is 0. The fourth-order valence-electron chi connectivity index (χ4n) is 3.22. The Hall–Kier alpha value is -2.31. The largest absolute Gasteiger partial charge is 0.497 e. The highest BCUT2D eigenvalue weighted by atomic mass is 16.5. The van der Waals surface area contributed by atoms with Crippen LogP contribution in [0, 0.1) is 11.3 Å². The van der Waals surface area contributed by atoms with Crippen LogP contribution in [-0.4, -0.2) is 18.6 Å². The number of benzene rings is 2. The van der Waals surface area contributed by atoms with Crippen molar-refractivity contribution in [1.29, 1.82) is 5.26 Å². The first kappa shape index (κ1) is 14.6. The van der Waals surface area contributed by atoms with E-state index in [2.05, 4.69) is 35.2 Å². The van der Waals surface area contributed by atoms with E-state index in [1.807, 2.05) is 24.3 Å². The van der Waals surface area contributed by atoms with Crippen molar-refractivity contribution in [3.8, 4) is 11.8 Å². The van der Waals surface area contributed by atoms with E-state index in [4.69, 9.17) is 10.00 Å². The van der Waals surface area contributed by atoms with Crippen LogP contribution in [0.4, 0.5) is 0 Å². The van der Waals surface area contributed by atoms with Gasteiger partial charge in [0.2, 0.25) is 0 Å². The maximum atomic E-state index is 9.03. The van der Waals surface area contributed by atoms with E-state index in [9.17, 15) is 0 Å². The molecule has 0 spiro atoms. The molecule has 0 amide bonds. The molecule has 1 aliphatic rings. The minimum absolute atomic E-state index is 0.431. The molecule has 1 fully saturated rings. The number of methoxy groups -OCH3 is 1. The van der Waals surface area contributed by atoms with E-state index in [-0.39, 0.29) is 0 Å². The summed E-state index contributed by atoms with van der Waals surface area (Å²) < 4.78 is 5.34. The lowest BCUT2D eigenvalue weighted by atomic mass is 10.0. The zero-order valence-electron chi connectivity index (χ0n) is 12.8. The molecule has 0 unspecified atom stereocenters. The summed E-state index contributed by atoms with van der Waals surface area (Å²) in [6.45, 7) is 1.98. The van der Waals surface area contributed by atoms with Gasteiger partial charge < -0.3 is 4.74 Å². The molecule has 112 valence electrons. The van der Waals surface area contributed by atoms with Gasteiger partial charge in [0, 0.05) is 12.6 Å². The first-order chi connectivity index (χ1) is 10.8. The van der Waals surface area contributed by atoms with Crippen molar-refractivity contribution in [3.63, 3.8) is 0 Å². The molecule has 1 heterocycles. The van der Waals surface area contributed by atoms with Crippen LogP contribution in [0.1, 0.15) is 35.6 Å². The molecule has 0 radical (unpaired) electrons. The van der Waals surface area contributed by atoms with Gasteiger partial charge in [0.1, 0.15) is 5.75 Å². The Bertz CT molecular complexity index is 690. The van der Waals surface area contributed by atoms with Gasteiger partial charge in [-0.1, -0.05) is 24.3 Å². The molecule has 0 N–H and O–H groups in total. The Morgan fingerprint density at radius 1 is 1.23 bits per heavy atom. The monoisotopic (exact) mass is 292 g/mol. The summed E-state index contributed by atoms with van der Waals surface area (Å²) in [4.78, 5) is 2.49. The molecule has 3 rings (SSSR count). The predicted octanol–water partition coefficient (Wildman–Crippen LogP) is 3.90. The quantitative estimate of drug-likeness (QED) is 0.857. The van der Waals surface area contributed by atoms with Crippen LogP contribution < -0.4 is 4.74 Å². The van der Waals surface area contributed by atoms with Gasteiger partial charge >= 0.3 is 0 Å². The van der Waals surface area contributed by atoms with Gasteiger partial charge in [-0.15, -0.1) is 0 Å². The maximum Gasteiger partial charge on any atom is 0.119 e. The number of rotatable bonds is 4. The highest BCUT2D eigenvalue weighted by Gasteiger charge is 2.26.